The molecule has 2 aromatic carbocycles. The quantitative estimate of drug-likeness (QED) is 0.354. The summed E-state index contributed by atoms with van der Waals surface area (Å²) in [7, 11) is -0.511. The number of nitrogens with zero attached hydrogens (tertiary/aromatic N) is 2. The molecule has 43 heavy (non-hydrogen) atoms. The maximum Gasteiger partial charge on any atom is 0.410 e. The van der Waals surface area contributed by atoms with Crippen molar-refractivity contribution >= 4 is 31.9 Å². The Hall–Kier alpha value is -3.21. The number of carbonyl (C=O) groups excluding carboxylic acids is 3. The number of anilines is 1. The van der Waals surface area contributed by atoms with Gasteiger partial charge in [0.25, 0.3) is 0 Å². The molecule has 0 saturated carbocycles. The Morgan fingerprint density at radius 1 is 1.14 bits per heavy atom. The van der Waals surface area contributed by atoms with Crippen molar-refractivity contribution < 1.29 is 28.7 Å². The largest absolute Gasteiger partial charge is 0.445 e. The van der Waals surface area contributed by atoms with Gasteiger partial charge in [0.15, 0.2) is 8.32 Å². The molecule has 2 aliphatic heterocycles. The van der Waals surface area contributed by atoms with Crippen molar-refractivity contribution in [3.63, 3.8) is 0 Å². The fraction of sp³-hybridized carbons (Fsp3) is 0.545. The number of benzene rings is 2. The highest BCUT2D eigenvalue weighted by atomic mass is 28.4. The van der Waals surface area contributed by atoms with Gasteiger partial charge >= 0.3 is 6.09 Å². The minimum atomic E-state index is -2.04. The number of carbonyl (C=O) groups is 3. The molecule has 0 radical (unpaired) electrons. The van der Waals surface area contributed by atoms with Gasteiger partial charge in [0.2, 0.25) is 11.8 Å². The molecule has 0 aliphatic carbocycles. The van der Waals surface area contributed by atoms with E-state index in [0.717, 1.165) is 16.8 Å². The summed E-state index contributed by atoms with van der Waals surface area (Å²) < 4.78 is 12.0. The van der Waals surface area contributed by atoms with Gasteiger partial charge in [-0.3, -0.25) is 14.5 Å². The predicted octanol–water partition coefficient (Wildman–Crippen LogP) is 5.30. The van der Waals surface area contributed by atoms with E-state index in [1.54, 1.807) is 11.8 Å². The monoisotopic (exact) mass is 609 g/mol. The van der Waals surface area contributed by atoms with Crippen molar-refractivity contribution in [2.75, 3.05) is 25.5 Å². The smallest absolute Gasteiger partial charge is 0.410 e. The van der Waals surface area contributed by atoms with Crippen LogP contribution >= 0.6 is 0 Å². The van der Waals surface area contributed by atoms with E-state index in [2.05, 4.69) is 39.2 Å². The number of rotatable bonds is 10. The van der Waals surface area contributed by atoms with Gasteiger partial charge < -0.3 is 24.5 Å². The van der Waals surface area contributed by atoms with Crippen LogP contribution in [-0.4, -0.2) is 79.5 Å². The van der Waals surface area contributed by atoms with Gasteiger partial charge in [-0.1, -0.05) is 69.3 Å². The first kappa shape index (κ1) is 32.7. The van der Waals surface area contributed by atoms with Crippen LogP contribution in [0.4, 0.5) is 10.5 Å². The Kier molecular flexibility index (Phi) is 9.73. The second-order valence-electron chi connectivity index (χ2n) is 13.6. The standard InChI is InChI=1S/C33H47N3O6Si/c1-23(37)19-28(35(5)31(40)41-21-24-13-9-8-10-14-24)29(38)36-22-33(26-15-11-12-16-27(26)34-30(33)39)20-25(36)17-18-42-43(6,7)32(2,3)4/h8-16,23,25,28,37H,17-22H2,1-7H3,(H,34,39)/t23?,25-,28+,33+/m1/s1. The minimum Gasteiger partial charge on any atom is -0.445 e. The van der Waals surface area contributed by atoms with Gasteiger partial charge in [-0.25, -0.2) is 4.79 Å². The molecular weight excluding hydrogens is 562 g/mol. The van der Waals surface area contributed by atoms with Gasteiger partial charge in [-0.15, -0.1) is 0 Å². The molecule has 2 N–H and O–H groups in total. The van der Waals surface area contributed by atoms with Crippen LogP contribution in [0.1, 0.15) is 58.1 Å². The maximum atomic E-state index is 14.4. The Labute approximate surface area is 256 Å². The van der Waals surface area contributed by atoms with Crippen LogP contribution in [0.25, 0.3) is 0 Å². The fourth-order valence-electron chi connectivity index (χ4n) is 5.80. The number of para-hydroxylation sites is 1. The number of nitrogens with one attached hydrogen (secondary N) is 1. The topological polar surface area (TPSA) is 108 Å². The number of likely N-dealkylation sites (tertiary alicyclic amines) is 1. The van der Waals surface area contributed by atoms with Crippen LogP contribution in [0.3, 0.4) is 0 Å². The molecule has 4 atom stereocenters. The van der Waals surface area contributed by atoms with E-state index in [0.29, 0.717) is 19.4 Å². The SMILES string of the molecule is CC(O)C[C@@H](C(=O)N1C[C@]2(C[C@H]1CCO[Si](C)(C)C(C)(C)C)C(=O)Nc1ccccc12)N(C)C(=O)OCc1ccccc1. The Morgan fingerprint density at radius 3 is 2.44 bits per heavy atom. The molecule has 9 nitrogen and oxygen atoms in total. The number of amides is 3. The highest BCUT2D eigenvalue weighted by molar-refractivity contribution is 6.74. The summed E-state index contributed by atoms with van der Waals surface area (Å²) in [5.41, 5.74) is 1.58. The zero-order valence-corrected chi connectivity index (χ0v) is 27.6. The summed E-state index contributed by atoms with van der Waals surface area (Å²) in [5, 5.41) is 13.4. The predicted molar refractivity (Wildman–Crippen MR) is 169 cm³/mol. The third kappa shape index (κ3) is 6.97. The summed E-state index contributed by atoms with van der Waals surface area (Å²) in [6.07, 6.45) is -0.454. The Bertz CT molecular complexity index is 1310. The highest BCUT2D eigenvalue weighted by Crippen LogP contribution is 2.47. The fourth-order valence-corrected chi connectivity index (χ4v) is 6.86. The van der Waals surface area contributed by atoms with Crippen LogP contribution in [0.2, 0.25) is 18.1 Å². The van der Waals surface area contributed by atoms with Gasteiger partial charge in [-0.05, 0) is 55.1 Å². The van der Waals surface area contributed by atoms with Crippen molar-refractivity contribution in [2.45, 2.75) is 95.3 Å². The Balaban J connectivity index is 1.59. The maximum absolute atomic E-state index is 14.4. The van der Waals surface area contributed by atoms with E-state index >= 15 is 0 Å². The second kappa shape index (κ2) is 12.8. The third-order valence-corrected chi connectivity index (χ3v) is 13.9. The van der Waals surface area contributed by atoms with Gasteiger partial charge in [0.05, 0.1) is 11.5 Å². The normalized spacial score (nSPS) is 21.3. The van der Waals surface area contributed by atoms with E-state index in [9.17, 15) is 19.5 Å². The molecule has 1 spiro atoms. The van der Waals surface area contributed by atoms with Crippen molar-refractivity contribution in [3.05, 3.63) is 65.7 Å². The molecule has 2 heterocycles. The molecule has 10 heteroatoms. The van der Waals surface area contributed by atoms with E-state index in [1.165, 1.54) is 11.9 Å². The van der Waals surface area contributed by atoms with Crippen molar-refractivity contribution in [1.82, 2.24) is 9.80 Å². The molecule has 1 fully saturated rings. The molecule has 234 valence electrons. The van der Waals surface area contributed by atoms with Crippen LogP contribution < -0.4 is 5.32 Å². The van der Waals surface area contributed by atoms with Crippen molar-refractivity contribution in [3.8, 4) is 0 Å². The summed E-state index contributed by atoms with van der Waals surface area (Å²) >= 11 is 0. The molecule has 2 aromatic rings. The zero-order chi connectivity index (χ0) is 31.6. The van der Waals surface area contributed by atoms with E-state index in [1.807, 2.05) is 54.6 Å². The molecule has 1 saturated heterocycles. The van der Waals surface area contributed by atoms with Crippen LogP contribution in [0, 0.1) is 0 Å². The first-order chi connectivity index (χ1) is 20.2. The average molecular weight is 610 g/mol. The van der Waals surface area contributed by atoms with Crippen molar-refractivity contribution in [2.24, 2.45) is 0 Å². The number of likely N-dealkylation sites (N-methyl/N-ethyl adjacent to an activating group) is 1. The van der Waals surface area contributed by atoms with Gasteiger partial charge in [0, 0.05) is 38.3 Å². The average Bonchev–Trinajstić information content (AvgIpc) is 3.46. The lowest BCUT2D eigenvalue weighted by Gasteiger charge is -2.37. The molecule has 0 bridgehead atoms. The zero-order valence-electron chi connectivity index (χ0n) is 26.6. The lowest BCUT2D eigenvalue weighted by Crippen LogP contribution is -2.52. The van der Waals surface area contributed by atoms with Crippen molar-refractivity contribution in [1.29, 1.82) is 0 Å². The number of hydrogen-bond acceptors (Lipinski definition) is 6. The van der Waals surface area contributed by atoms with E-state index in [-0.39, 0.29) is 42.5 Å². The van der Waals surface area contributed by atoms with E-state index in [4.69, 9.17) is 9.16 Å². The minimum absolute atomic E-state index is 0.0366. The molecule has 2 aliphatic rings. The summed E-state index contributed by atoms with van der Waals surface area (Å²) in [4.78, 5) is 44.1. The third-order valence-electron chi connectivity index (χ3n) is 9.40. The number of aliphatic hydroxyl groups excluding tert-OH is 1. The molecule has 0 aromatic heterocycles. The lowest BCUT2D eigenvalue weighted by atomic mass is 9.79. The first-order valence-corrected chi connectivity index (χ1v) is 18.0. The number of ether oxygens (including phenoxy) is 1. The van der Waals surface area contributed by atoms with Crippen LogP contribution in [0.15, 0.2) is 54.6 Å². The number of fused-ring (bicyclic) bond motifs is 2. The molecule has 4 rings (SSSR count). The first-order valence-electron chi connectivity index (χ1n) is 15.1. The van der Waals surface area contributed by atoms with E-state index < -0.39 is 32.0 Å². The van der Waals surface area contributed by atoms with Gasteiger partial charge in [-0.2, -0.15) is 0 Å². The summed E-state index contributed by atoms with van der Waals surface area (Å²) in [5.74, 6) is -0.437. The highest BCUT2D eigenvalue weighted by Gasteiger charge is 2.56. The summed E-state index contributed by atoms with van der Waals surface area (Å²) in [6, 6.07) is 15.7. The second-order valence-corrected chi connectivity index (χ2v) is 18.4. The lowest BCUT2D eigenvalue weighted by molar-refractivity contribution is -0.138. The molecule has 1 unspecified atom stereocenters. The Morgan fingerprint density at radius 2 is 1.79 bits per heavy atom. The summed E-state index contributed by atoms with van der Waals surface area (Å²) in [6.45, 7) is 13.3. The van der Waals surface area contributed by atoms with Crippen LogP contribution in [-0.2, 0) is 30.8 Å². The van der Waals surface area contributed by atoms with Crippen LogP contribution in [0.5, 0.6) is 0 Å². The molecular formula is C33H47N3O6Si. The number of aliphatic hydroxyl groups is 1. The number of hydrogen-bond donors (Lipinski definition) is 2. The molecule has 3 amide bonds. The van der Waals surface area contributed by atoms with Gasteiger partial charge in [0.1, 0.15) is 12.6 Å².